The van der Waals surface area contributed by atoms with Gasteiger partial charge in [0.1, 0.15) is 13.6 Å². The first-order valence-electron chi connectivity index (χ1n) is 7.79. The monoisotopic (exact) mass is 290 g/mol. The van der Waals surface area contributed by atoms with E-state index >= 15 is 0 Å². The summed E-state index contributed by atoms with van der Waals surface area (Å²) < 4.78 is 5.32. The van der Waals surface area contributed by atoms with Crippen LogP contribution < -0.4 is 10.2 Å². The van der Waals surface area contributed by atoms with Gasteiger partial charge in [0.2, 0.25) is 0 Å². The van der Waals surface area contributed by atoms with Crippen LogP contribution in [-0.4, -0.2) is 15.0 Å². The quantitative estimate of drug-likeness (QED) is 0.724. The van der Waals surface area contributed by atoms with Crippen molar-refractivity contribution in [2.24, 2.45) is 0 Å². The molecule has 1 nitrogen and oxygen atoms in total. The van der Waals surface area contributed by atoms with Crippen LogP contribution in [0.15, 0.2) is 43.0 Å². The molecule has 0 saturated heterocycles. The fourth-order valence-electron chi connectivity index (χ4n) is 2.65. The second-order valence-corrected chi connectivity index (χ2v) is 5.73. The van der Waals surface area contributed by atoms with E-state index in [1.807, 2.05) is 25.1 Å². The standard InChI is InChI=1S/C20H23BO/c1-5-6-7-16-11-18(13-19(21)12-16)15(3)17-8-9-20(22-4)14(2)10-17/h8-13H,3,5-7H2,1-2,4H3. The molecule has 0 aliphatic rings. The summed E-state index contributed by atoms with van der Waals surface area (Å²) in [5, 5.41) is 0. The first-order chi connectivity index (χ1) is 10.5. The highest BCUT2D eigenvalue weighted by Crippen LogP contribution is 2.26. The van der Waals surface area contributed by atoms with Crippen LogP contribution >= 0.6 is 0 Å². The van der Waals surface area contributed by atoms with Crippen molar-refractivity contribution in [3.05, 3.63) is 65.2 Å². The van der Waals surface area contributed by atoms with E-state index in [9.17, 15) is 0 Å². The van der Waals surface area contributed by atoms with E-state index in [4.69, 9.17) is 12.6 Å². The zero-order chi connectivity index (χ0) is 16.1. The number of ether oxygens (including phenoxy) is 1. The maximum Gasteiger partial charge on any atom is 0.121 e. The molecule has 0 saturated carbocycles. The van der Waals surface area contributed by atoms with E-state index in [0.29, 0.717) is 0 Å². The molecular weight excluding hydrogens is 267 g/mol. The van der Waals surface area contributed by atoms with Crippen LogP contribution in [0.5, 0.6) is 5.75 Å². The first kappa shape index (κ1) is 16.4. The van der Waals surface area contributed by atoms with Crippen LogP contribution in [0.1, 0.15) is 42.0 Å². The number of rotatable bonds is 6. The summed E-state index contributed by atoms with van der Waals surface area (Å²) >= 11 is 0. The number of methoxy groups -OCH3 is 1. The van der Waals surface area contributed by atoms with Crippen LogP contribution in [0.4, 0.5) is 0 Å². The molecule has 2 rings (SSSR count). The summed E-state index contributed by atoms with van der Waals surface area (Å²) in [4.78, 5) is 0. The molecule has 0 unspecified atom stereocenters. The molecule has 0 N–H and O–H groups in total. The smallest absolute Gasteiger partial charge is 0.121 e. The van der Waals surface area contributed by atoms with Crippen LogP contribution in [0, 0.1) is 6.92 Å². The Labute approximate surface area is 135 Å². The number of hydrogen-bond acceptors (Lipinski definition) is 1. The summed E-state index contributed by atoms with van der Waals surface area (Å²) in [6.07, 6.45) is 3.42. The lowest BCUT2D eigenvalue weighted by Gasteiger charge is -2.13. The van der Waals surface area contributed by atoms with Gasteiger partial charge >= 0.3 is 0 Å². The summed E-state index contributed by atoms with van der Waals surface area (Å²) in [5.74, 6) is 0.896. The van der Waals surface area contributed by atoms with Gasteiger partial charge in [-0.2, -0.15) is 0 Å². The van der Waals surface area contributed by atoms with E-state index in [1.165, 1.54) is 18.4 Å². The van der Waals surface area contributed by atoms with Crippen LogP contribution in [-0.2, 0) is 6.42 Å². The summed E-state index contributed by atoms with van der Waals surface area (Å²) in [6.45, 7) is 8.50. The topological polar surface area (TPSA) is 9.23 Å². The molecule has 0 aliphatic carbocycles. The largest absolute Gasteiger partial charge is 0.496 e. The van der Waals surface area contributed by atoms with Crippen molar-refractivity contribution < 1.29 is 4.74 Å². The highest BCUT2D eigenvalue weighted by molar-refractivity contribution is 6.32. The highest BCUT2D eigenvalue weighted by atomic mass is 16.5. The lowest BCUT2D eigenvalue weighted by atomic mass is 9.87. The Kier molecular flexibility index (Phi) is 5.49. The predicted molar refractivity (Wildman–Crippen MR) is 96.3 cm³/mol. The van der Waals surface area contributed by atoms with E-state index in [0.717, 1.165) is 39.9 Å². The lowest BCUT2D eigenvalue weighted by molar-refractivity contribution is 0.411. The van der Waals surface area contributed by atoms with Crippen LogP contribution in [0.25, 0.3) is 5.57 Å². The van der Waals surface area contributed by atoms with Gasteiger partial charge < -0.3 is 4.74 Å². The van der Waals surface area contributed by atoms with Crippen molar-refractivity contribution >= 4 is 18.9 Å². The molecule has 112 valence electrons. The molecule has 22 heavy (non-hydrogen) atoms. The maximum absolute atomic E-state index is 6.06. The van der Waals surface area contributed by atoms with Gasteiger partial charge in [0.15, 0.2) is 0 Å². The first-order valence-corrected chi connectivity index (χ1v) is 7.79. The van der Waals surface area contributed by atoms with Gasteiger partial charge in [0.25, 0.3) is 0 Å². The lowest BCUT2D eigenvalue weighted by Crippen LogP contribution is -2.06. The van der Waals surface area contributed by atoms with E-state index < -0.39 is 0 Å². The number of benzene rings is 2. The summed E-state index contributed by atoms with van der Waals surface area (Å²) in [6, 6.07) is 12.4. The van der Waals surface area contributed by atoms with E-state index in [2.05, 4.69) is 31.7 Å². The molecular formula is C20H23BO. The Balaban J connectivity index is 2.32. The minimum absolute atomic E-state index is 0.801. The molecule has 0 aliphatic heterocycles. The summed E-state index contributed by atoms with van der Waals surface area (Å²) in [7, 11) is 7.75. The van der Waals surface area contributed by atoms with Gasteiger partial charge in [-0.1, -0.05) is 49.7 Å². The predicted octanol–water partition coefficient (Wildman–Crippen LogP) is 4.20. The maximum atomic E-state index is 6.06. The van der Waals surface area contributed by atoms with Crippen molar-refractivity contribution in [1.29, 1.82) is 0 Å². The van der Waals surface area contributed by atoms with Gasteiger partial charge in [0.05, 0.1) is 7.11 Å². The molecule has 2 radical (unpaired) electrons. The molecule has 0 bridgehead atoms. The Morgan fingerprint density at radius 1 is 1.14 bits per heavy atom. The molecule has 0 fully saturated rings. The molecule has 0 atom stereocenters. The Hall–Kier alpha value is -1.96. The van der Waals surface area contributed by atoms with Gasteiger partial charge in [0, 0.05) is 0 Å². The number of unbranched alkanes of at least 4 members (excludes halogenated alkanes) is 1. The van der Waals surface area contributed by atoms with Crippen molar-refractivity contribution in [3.63, 3.8) is 0 Å². The average molecular weight is 290 g/mol. The molecule has 2 aromatic rings. The third-order valence-corrected chi connectivity index (χ3v) is 3.93. The Morgan fingerprint density at radius 2 is 1.91 bits per heavy atom. The highest BCUT2D eigenvalue weighted by Gasteiger charge is 2.07. The second kappa shape index (κ2) is 7.35. The molecule has 0 heterocycles. The van der Waals surface area contributed by atoms with E-state index in [-0.39, 0.29) is 0 Å². The SMILES string of the molecule is [B]c1cc(CCCC)cc(C(=C)c2ccc(OC)c(C)c2)c1. The minimum Gasteiger partial charge on any atom is -0.496 e. The van der Waals surface area contributed by atoms with Gasteiger partial charge in [-0.15, -0.1) is 0 Å². The number of aryl methyl sites for hydroxylation is 2. The second-order valence-electron chi connectivity index (χ2n) is 5.73. The molecule has 0 amide bonds. The average Bonchev–Trinajstić information content (AvgIpc) is 2.51. The Bertz CT molecular complexity index is 673. The van der Waals surface area contributed by atoms with Crippen molar-refractivity contribution in [2.45, 2.75) is 33.1 Å². The van der Waals surface area contributed by atoms with Gasteiger partial charge in [-0.3, -0.25) is 0 Å². The molecule has 2 heteroatoms. The third kappa shape index (κ3) is 3.82. The van der Waals surface area contributed by atoms with Gasteiger partial charge in [-0.05, 0) is 59.7 Å². The molecule has 0 spiro atoms. The molecule has 2 aromatic carbocycles. The van der Waals surface area contributed by atoms with Crippen LogP contribution in [0.2, 0.25) is 0 Å². The van der Waals surface area contributed by atoms with Crippen molar-refractivity contribution in [3.8, 4) is 5.75 Å². The zero-order valence-corrected chi connectivity index (χ0v) is 13.8. The molecule has 0 aromatic heterocycles. The fourth-order valence-corrected chi connectivity index (χ4v) is 2.65. The Morgan fingerprint density at radius 3 is 2.55 bits per heavy atom. The normalized spacial score (nSPS) is 10.5. The number of hydrogen-bond donors (Lipinski definition) is 0. The fraction of sp³-hybridized carbons (Fsp3) is 0.300. The van der Waals surface area contributed by atoms with E-state index in [1.54, 1.807) is 7.11 Å². The van der Waals surface area contributed by atoms with Gasteiger partial charge in [-0.25, -0.2) is 0 Å². The van der Waals surface area contributed by atoms with Crippen molar-refractivity contribution in [1.82, 2.24) is 0 Å². The van der Waals surface area contributed by atoms with Crippen LogP contribution in [0.3, 0.4) is 0 Å². The minimum atomic E-state index is 0.801. The third-order valence-electron chi connectivity index (χ3n) is 3.93. The zero-order valence-electron chi connectivity index (χ0n) is 13.8. The summed E-state index contributed by atoms with van der Waals surface area (Å²) in [5.41, 5.74) is 6.38. The van der Waals surface area contributed by atoms with Crippen molar-refractivity contribution in [2.75, 3.05) is 7.11 Å².